The van der Waals surface area contributed by atoms with Crippen LogP contribution in [0.2, 0.25) is 5.02 Å². The van der Waals surface area contributed by atoms with Gasteiger partial charge in [0.2, 0.25) is 0 Å². The van der Waals surface area contributed by atoms with E-state index in [1.165, 1.54) is 6.26 Å². The number of aromatic nitrogens is 1. The van der Waals surface area contributed by atoms with Crippen molar-refractivity contribution in [1.82, 2.24) is 4.98 Å². The van der Waals surface area contributed by atoms with Gasteiger partial charge in [-0.2, -0.15) is 0 Å². The molecule has 2 aromatic carbocycles. The molecule has 0 spiro atoms. The van der Waals surface area contributed by atoms with Gasteiger partial charge in [0.15, 0.2) is 9.84 Å². The Bertz CT molecular complexity index is 1190. The standard InChI is InChI=1S/C23H23ClN2O3S/c1-15-12-19(24)6-9-21(15)23(18-4-7-20(8-5-18)30(3,28)29)22(26-27)14-17-10-11-25-16(2)13-17/h4-13,23,27H,14H2,1-3H3/t23-/m1/s1. The number of pyridine rings is 1. The van der Waals surface area contributed by atoms with E-state index < -0.39 is 9.84 Å². The monoisotopic (exact) mass is 442 g/mol. The molecule has 3 aromatic rings. The maximum absolute atomic E-state index is 11.9. The van der Waals surface area contributed by atoms with Crippen LogP contribution in [0.1, 0.15) is 33.9 Å². The molecule has 1 aromatic heterocycles. The van der Waals surface area contributed by atoms with Crippen molar-refractivity contribution in [3.05, 3.63) is 93.8 Å². The van der Waals surface area contributed by atoms with Gasteiger partial charge in [0.1, 0.15) is 0 Å². The van der Waals surface area contributed by atoms with E-state index in [9.17, 15) is 13.6 Å². The molecule has 0 aliphatic carbocycles. The third-order valence-electron chi connectivity index (χ3n) is 4.99. The number of aryl methyl sites for hydroxylation is 2. The number of halogens is 1. The number of rotatable bonds is 6. The number of sulfone groups is 1. The van der Waals surface area contributed by atoms with Crippen molar-refractivity contribution in [3.8, 4) is 0 Å². The first-order valence-electron chi connectivity index (χ1n) is 9.37. The third kappa shape index (κ3) is 5.07. The Hall–Kier alpha value is -2.70. The minimum atomic E-state index is -3.31. The molecule has 0 bridgehead atoms. The molecule has 1 N–H and O–H groups in total. The lowest BCUT2D eigenvalue weighted by atomic mass is 9.83. The zero-order valence-electron chi connectivity index (χ0n) is 17.0. The van der Waals surface area contributed by atoms with Crippen LogP contribution in [0.15, 0.2) is 70.8 Å². The highest BCUT2D eigenvalue weighted by atomic mass is 35.5. The van der Waals surface area contributed by atoms with Crippen LogP contribution in [-0.4, -0.2) is 30.6 Å². The molecule has 5 nitrogen and oxygen atoms in total. The summed E-state index contributed by atoms with van der Waals surface area (Å²) in [5.74, 6) is -0.366. The summed E-state index contributed by atoms with van der Waals surface area (Å²) in [6.45, 7) is 3.86. The van der Waals surface area contributed by atoms with Gasteiger partial charge in [-0.05, 0) is 72.5 Å². The second kappa shape index (κ2) is 8.98. The number of hydrogen-bond donors (Lipinski definition) is 1. The van der Waals surface area contributed by atoms with Gasteiger partial charge < -0.3 is 5.21 Å². The normalized spacial score (nSPS) is 13.3. The number of oxime groups is 1. The molecule has 0 unspecified atom stereocenters. The van der Waals surface area contributed by atoms with Crippen molar-refractivity contribution in [2.45, 2.75) is 31.1 Å². The van der Waals surface area contributed by atoms with Crippen molar-refractivity contribution in [2.75, 3.05) is 6.26 Å². The van der Waals surface area contributed by atoms with E-state index in [1.807, 2.05) is 38.1 Å². The Labute approximate surface area is 182 Å². The topological polar surface area (TPSA) is 79.6 Å². The van der Waals surface area contributed by atoms with E-state index in [2.05, 4.69) is 10.1 Å². The van der Waals surface area contributed by atoms with E-state index in [4.69, 9.17) is 11.6 Å². The van der Waals surface area contributed by atoms with E-state index in [0.717, 1.165) is 27.9 Å². The van der Waals surface area contributed by atoms with Crippen LogP contribution in [-0.2, 0) is 16.3 Å². The second-order valence-corrected chi connectivity index (χ2v) is 9.80. The van der Waals surface area contributed by atoms with Crippen LogP contribution < -0.4 is 0 Å². The summed E-state index contributed by atoms with van der Waals surface area (Å²) < 4.78 is 23.7. The quantitative estimate of drug-likeness (QED) is 0.332. The fourth-order valence-corrected chi connectivity index (χ4v) is 4.40. The van der Waals surface area contributed by atoms with E-state index in [-0.39, 0.29) is 10.8 Å². The van der Waals surface area contributed by atoms with E-state index in [0.29, 0.717) is 17.2 Å². The molecule has 0 aliphatic heterocycles. The van der Waals surface area contributed by atoms with Gasteiger partial charge in [0, 0.05) is 29.6 Å². The lowest BCUT2D eigenvalue weighted by Gasteiger charge is -2.22. The molecule has 0 amide bonds. The van der Waals surface area contributed by atoms with E-state index in [1.54, 1.807) is 36.5 Å². The zero-order valence-corrected chi connectivity index (χ0v) is 18.6. The van der Waals surface area contributed by atoms with Gasteiger partial charge in [-0.25, -0.2) is 8.42 Å². The Kier molecular flexibility index (Phi) is 6.58. The van der Waals surface area contributed by atoms with Crippen molar-refractivity contribution in [3.63, 3.8) is 0 Å². The fourth-order valence-electron chi connectivity index (χ4n) is 3.54. The van der Waals surface area contributed by atoms with Crippen LogP contribution in [0.5, 0.6) is 0 Å². The Morgan fingerprint density at radius 2 is 1.80 bits per heavy atom. The summed E-state index contributed by atoms with van der Waals surface area (Å²) in [6.07, 6.45) is 3.32. The maximum atomic E-state index is 11.9. The molecule has 0 saturated carbocycles. The Balaban J connectivity index is 2.11. The third-order valence-corrected chi connectivity index (χ3v) is 6.36. The van der Waals surface area contributed by atoms with Crippen LogP contribution in [0.4, 0.5) is 0 Å². The van der Waals surface area contributed by atoms with Gasteiger partial charge in [-0.15, -0.1) is 0 Å². The number of hydrogen-bond acceptors (Lipinski definition) is 5. The first kappa shape index (κ1) is 22.0. The molecule has 1 heterocycles. The summed E-state index contributed by atoms with van der Waals surface area (Å²) in [6, 6.07) is 16.1. The lowest BCUT2D eigenvalue weighted by Crippen LogP contribution is -2.18. The molecular weight excluding hydrogens is 420 g/mol. The van der Waals surface area contributed by atoms with E-state index >= 15 is 0 Å². The minimum absolute atomic E-state index is 0.241. The lowest BCUT2D eigenvalue weighted by molar-refractivity contribution is 0.316. The molecule has 30 heavy (non-hydrogen) atoms. The van der Waals surface area contributed by atoms with Crippen LogP contribution in [0.25, 0.3) is 0 Å². The highest BCUT2D eigenvalue weighted by Crippen LogP contribution is 2.32. The van der Waals surface area contributed by atoms with Crippen molar-refractivity contribution < 1.29 is 13.6 Å². The Morgan fingerprint density at radius 3 is 2.37 bits per heavy atom. The summed E-state index contributed by atoms with van der Waals surface area (Å²) in [4.78, 5) is 4.46. The highest BCUT2D eigenvalue weighted by Gasteiger charge is 2.24. The number of nitrogens with zero attached hydrogens (tertiary/aromatic N) is 2. The average molecular weight is 443 g/mol. The fraction of sp³-hybridized carbons (Fsp3) is 0.217. The number of benzene rings is 2. The summed E-state index contributed by atoms with van der Waals surface area (Å²) in [5.41, 5.74) is 5.10. The van der Waals surface area contributed by atoms with Gasteiger partial charge in [0.25, 0.3) is 0 Å². The molecule has 3 rings (SSSR count). The summed E-state index contributed by atoms with van der Waals surface area (Å²) in [5, 5.41) is 14.2. The largest absolute Gasteiger partial charge is 0.411 e. The van der Waals surface area contributed by atoms with Crippen LogP contribution in [0, 0.1) is 13.8 Å². The highest BCUT2D eigenvalue weighted by molar-refractivity contribution is 7.90. The average Bonchev–Trinajstić information content (AvgIpc) is 2.68. The predicted molar refractivity (Wildman–Crippen MR) is 119 cm³/mol. The van der Waals surface area contributed by atoms with Gasteiger partial charge in [-0.3, -0.25) is 4.98 Å². The molecule has 1 atom stereocenters. The summed E-state index contributed by atoms with van der Waals surface area (Å²) >= 11 is 6.15. The molecule has 0 aliphatic rings. The van der Waals surface area contributed by atoms with Gasteiger partial charge in [-0.1, -0.05) is 35.0 Å². The molecular formula is C23H23ClN2O3S. The Morgan fingerprint density at radius 1 is 1.10 bits per heavy atom. The van der Waals surface area contributed by atoms with Gasteiger partial charge >= 0.3 is 0 Å². The molecule has 156 valence electrons. The second-order valence-electron chi connectivity index (χ2n) is 7.35. The SMILES string of the molecule is Cc1cc(CC(=NO)[C@H](c2ccc(S(C)(=O)=O)cc2)c2ccc(Cl)cc2C)ccn1. The van der Waals surface area contributed by atoms with Crippen molar-refractivity contribution in [2.24, 2.45) is 5.16 Å². The summed E-state index contributed by atoms with van der Waals surface area (Å²) in [7, 11) is -3.31. The van der Waals surface area contributed by atoms with Crippen molar-refractivity contribution in [1.29, 1.82) is 0 Å². The van der Waals surface area contributed by atoms with Crippen LogP contribution >= 0.6 is 11.6 Å². The van der Waals surface area contributed by atoms with Crippen LogP contribution in [0.3, 0.4) is 0 Å². The van der Waals surface area contributed by atoms with Crippen molar-refractivity contribution >= 4 is 27.1 Å². The smallest absolute Gasteiger partial charge is 0.175 e. The molecule has 0 radical (unpaired) electrons. The maximum Gasteiger partial charge on any atom is 0.175 e. The minimum Gasteiger partial charge on any atom is -0.411 e. The first-order chi connectivity index (χ1) is 14.2. The zero-order chi connectivity index (χ0) is 21.9. The molecule has 0 saturated heterocycles. The van der Waals surface area contributed by atoms with Gasteiger partial charge in [0.05, 0.1) is 16.5 Å². The molecule has 0 fully saturated rings. The predicted octanol–water partition coefficient (Wildman–Crippen LogP) is 4.96. The molecule has 7 heteroatoms. The first-order valence-corrected chi connectivity index (χ1v) is 11.6.